The van der Waals surface area contributed by atoms with E-state index >= 15 is 0 Å². The average Bonchev–Trinajstić information content (AvgIpc) is 3.09. The normalized spacial score (nSPS) is 16.7. The highest BCUT2D eigenvalue weighted by molar-refractivity contribution is 6.30. The number of anilines is 1. The van der Waals surface area contributed by atoms with Crippen LogP contribution < -0.4 is 10.2 Å². The van der Waals surface area contributed by atoms with Crippen LogP contribution in [0.5, 0.6) is 0 Å². The number of fused-ring (bicyclic) bond motifs is 1. The van der Waals surface area contributed by atoms with Crippen molar-refractivity contribution in [1.29, 1.82) is 0 Å². The van der Waals surface area contributed by atoms with Gasteiger partial charge in [-0.25, -0.2) is 0 Å². The zero-order chi connectivity index (χ0) is 21.1. The molecule has 158 valence electrons. The molecule has 30 heavy (non-hydrogen) atoms. The van der Waals surface area contributed by atoms with Gasteiger partial charge in [-0.05, 0) is 42.8 Å². The van der Waals surface area contributed by atoms with Gasteiger partial charge in [0.05, 0.1) is 11.1 Å². The summed E-state index contributed by atoms with van der Waals surface area (Å²) in [5.41, 5.74) is 3.15. The molecule has 4 rings (SSSR count). The summed E-state index contributed by atoms with van der Waals surface area (Å²) in [6.07, 6.45) is 0.923. The number of amides is 2. The maximum Gasteiger partial charge on any atom is 0.255 e. The highest BCUT2D eigenvalue weighted by Crippen LogP contribution is 2.26. The van der Waals surface area contributed by atoms with Gasteiger partial charge < -0.3 is 15.1 Å². The molecule has 2 aliphatic heterocycles. The number of halogens is 1. The van der Waals surface area contributed by atoms with Crippen LogP contribution in [0.4, 0.5) is 5.69 Å². The second-order valence-electron chi connectivity index (χ2n) is 7.81. The summed E-state index contributed by atoms with van der Waals surface area (Å²) in [5, 5.41) is 3.39. The molecule has 6 nitrogen and oxygen atoms in total. The lowest BCUT2D eigenvalue weighted by molar-refractivity contribution is 0.0765. The van der Waals surface area contributed by atoms with Gasteiger partial charge in [-0.3, -0.25) is 14.5 Å². The lowest BCUT2D eigenvalue weighted by atomic mass is 10.0. The van der Waals surface area contributed by atoms with E-state index in [1.54, 1.807) is 13.1 Å². The molecule has 1 saturated heterocycles. The zero-order valence-corrected chi connectivity index (χ0v) is 18.0. The van der Waals surface area contributed by atoms with Crippen molar-refractivity contribution in [2.24, 2.45) is 0 Å². The van der Waals surface area contributed by atoms with Crippen LogP contribution in [0.1, 0.15) is 32.7 Å². The van der Waals surface area contributed by atoms with E-state index < -0.39 is 0 Å². The largest absolute Gasteiger partial charge is 0.369 e. The number of rotatable bonds is 6. The van der Waals surface area contributed by atoms with Crippen molar-refractivity contribution in [3.8, 4) is 0 Å². The Bertz CT molecular complexity index is 941. The van der Waals surface area contributed by atoms with Gasteiger partial charge in [-0.2, -0.15) is 0 Å². The molecule has 0 saturated carbocycles. The molecular formula is C23H27ClN4O2. The molecule has 1 N–H and O–H groups in total. The second-order valence-corrected chi connectivity index (χ2v) is 8.24. The predicted octanol–water partition coefficient (Wildman–Crippen LogP) is 2.87. The van der Waals surface area contributed by atoms with Gasteiger partial charge >= 0.3 is 0 Å². The van der Waals surface area contributed by atoms with Crippen molar-refractivity contribution in [1.82, 2.24) is 15.1 Å². The summed E-state index contributed by atoms with van der Waals surface area (Å²) < 4.78 is 0. The SMILES string of the molecule is CNC(=O)c1cccc2c1C(=O)N(CCCN1CCN(c3cccc(Cl)c3)CC1)C2. The van der Waals surface area contributed by atoms with E-state index in [2.05, 4.69) is 21.2 Å². The number of piperazine rings is 1. The van der Waals surface area contributed by atoms with Crippen LogP contribution in [0, 0.1) is 0 Å². The van der Waals surface area contributed by atoms with E-state index in [9.17, 15) is 9.59 Å². The first-order valence-electron chi connectivity index (χ1n) is 10.4. The summed E-state index contributed by atoms with van der Waals surface area (Å²) in [4.78, 5) is 31.6. The summed E-state index contributed by atoms with van der Waals surface area (Å²) in [7, 11) is 1.59. The van der Waals surface area contributed by atoms with Gasteiger partial charge in [0.1, 0.15) is 0 Å². The standard InChI is InChI=1S/C23H27ClN4O2/c1-25-22(29)20-8-2-5-17-16-28(23(30)21(17)20)10-4-9-26-11-13-27(14-12-26)19-7-3-6-18(24)15-19/h2-3,5-8,15H,4,9-14,16H2,1H3,(H,25,29). The van der Waals surface area contributed by atoms with Gasteiger partial charge in [0.15, 0.2) is 0 Å². The van der Waals surface area contributed by atoms with Gasteiger partial charge in [0.25, 0.3) is 11.8 Å². The quantitative estimate of drug-likeness (QED) is 0.771. The third-order valence-corrected chi connectivity index (χ3v) is 6.17. The molecule has 0 aliphatic carbocycles. The first-order valence-corrected chi connectivity index (χ1v) is 10.8. The van der Waals surface area contributed by atoms with Crippen molar-refractivity contribution < 1.29 is 9.59 Å². The highest BCUT2D eigenvalue weighted by Gasteiger charge is 2.31. The monoisotopic (exact) mass is 426 g/mol. The van der Waals surface area contributed by atoms with E-state index in [4.69, 9.17) is 11.6 Å². The summed E-state index contributed by atoms with van der Waals surface area (Å²) in [6, 6.07) is 13.5. The van der Waals surface area contributed by atoms with Gasteiger partial charge in [0.2, 0.25) is 0 Å². The molecule has 0 unspecified atom stereocenters. The fourth-order valence-electron chi connectivity index (χ4n) is 4.31. The molecular weight excluding hydrogens is 400 g/mol. The molecule has 0 aromatic heterocycles. The van der Waals surface area contributed by atoms with E-state index in [1.165, 1.54) is 5.69 Å². The Morgan fingerprint density at radius 3 is 2.57 bits per heavy atom. The average molecular weight is 427 g/mol. The van der Waals surface area contributed by atoms with Crippen molar-refractivity contribution in [2.75, 3.05) is 51.2 Å². The predicted molar refractivity (Wildman–Crippen MR) is 119 cm³/mol. The topological polar surface area (TPSA) is 55.9 Å². The van der Waals surface area contributed by atoms with Crippen molar-refractivity contribution in [2.45, 2.75) is 13.0 Å². The molecule has 2 aromatic rings. The van der Waals surface area contributed by atoms with E-state index in [0.717, 1.165) is 49.7 Å². The minimum atomic E-state index is -0.209. The molecule has 0 spiro atoms. The third kappa shape index (κ3) is 4.30. The summed E-state index contributed by atoms with van der Waals surface area (Å²) in [5.74, 6) is -0.241. The maximum absolute atomic E-state index is 12.9. The van der Waals surface area contributed by atoms with Gasteiger partial charge in [-0.15, -0.1) is 0 Å². The lowest BCUT2D eigenvalue weighted by Crippen LogP contribution is -2.47. The fourth-order valence-corrected chi connectivity index (χ4v) is 4.50. The molecule has 2 aromatic carbocycles. The minimum Gasteiger partial charge on any atom is -0.369 e. The molecule has 1 fully saturated rings. The van der Waals surface area contributed by atoms with E-state index in [1.807, 2.05) is 35.2 Å². The van der Waals surface area contributed by atoms with Crippen molar-refractivity contribution in [3.05, 3.63) is 64.2 Å². The van der Waals surface area contributed by atoms with Crippen LogP contribution in [0.2, 0.25) is 5.02 Å². The maximum atomic E-state index is 12.9. The van der Waals surface area contributed by atoms with Crippen LogP contribution in [0.25, 0.3) is 0 Å². The zero-order valence-electron chi connectivity index (χ0n) is 17.2. The number of hydrogen-bond acceptors (Lipinski definition) is 4. The number of carbonyl (C=O) groups excluding carboxylic acids is 2. The number of nitrogens with one attached hydrogen (secondary N) is 1. The number of hydrogen-bond donors (Lipinski definition) is 1. The number of carbonyl (C=O) groups is 2. The Labute approximate surface area is 182 Å². The highest BCUT2D eigenvalue weighted by atomic mass is 35.5. The third-order valence-electron chi connectivity index (χ3n) is 5.93. The Morgan fingerprint density at radius 1 is 1.07 bits per heavy atom. The smallest absolute Gasteiger partial charge is 0.255 e. The Morgan fingerprint density at radius 2 is 1.83 bits per heavy atom. The van der Waals surface area contributed by atoms with E-state index in [0.29, 0.717) is 24.2 Å². The molecule has 0 bridgehead atoms. The number of nitrogens with zero attached hydrogens (tertiary/aromatic N) is 3. The van der Waals surface area contributed by atoms with Crippen molar-refractivity contribution >= 4 is 29.1 Å². The lowest BCUT2D eigenvalue weighted by Gasteiger charge is -2.36. The molecule has 7 heteroatoms. The Kier molecular flexibility index (Phi) is 6.25. The molecule has 2 aliphatic rings. The summed E-state index contributed by atoms with van der Waals surface area (Å²) >= 11 is 6.11. The molecule has 0 radical (unpaired) electrons. The molecule has 2 amide bonds. The molecule has 2 heterocycles. The Hall–Kier alpha value is -2.57. The molecule has 0 atom stereocenters. The number of benzene rings is 2. The first kappa shape index (κ1) is 20.7. The van der Waals surface area contributed by atoms with Gasteiger partial charge in [0, 0.05) is 57.0 Å². The van der Waals surface area contributed by atoms with Crippen LogP contribution in [0.3, 0.4) is 0 Å². The van der Waals surface area contributed by atoms with Crippen LogP contribution >= 0.6 is 11.6 Å². The van der Waals surface area contributed by atoms with Crippen molar-refractivity contribution in [3.63, 3.8) is 0 Å². The second kappa shape index (κ2) is 9.06. The minimum absolute atomic E-state index is 0.0324. The van der Waals surface area contributed by atoms with Crippen LogP contribution in [-0.4, -0.2) is 67.9 Å². The Balaban J connectivity index is 1.27. The van der Waals surface area contributed by atoms with Crippen LogP contribution in [0.15, 0.2) is 42.5 Å². The summed E-state index contributed by atoms with van der Waals surface area (Å²) in [6.45, 7) is 6.21. The van der Waals surface area contributed by atoms with E-state index in [-0.39, 0.29) is 11.8 Å². The fraction of sp³-hybridized carbons (Fsp3) is 0.391. The van der Waals surface area contributed by atoms with Crippen LogP contribution in [-0.2, 0) is 6.54 Å². The van der Waals surface area contributed by atoms with Gasteiger partial charge in [-0.1, -0.05) is 29.8 Å². The first-order chi connectivity index (χ1) is 14.6.